The van der Waals surface area contributed by atoms with Crippen LogP contribution in [-0.2, 0) is 9.53 Å². The van der Waals surface area contributed by atoms with Gasteiger partial charge in [0.1, 0.15) is 6.04 Å². The van der Waals surface area contributed by atoms with E-state index in [1.807, 2.05) is 0 Å². The second-order valence-electron chi connectivity index (χ2n) is 6.34. The van der Waals surface area contributed by atoms with Crippen molar-refractivity contribution in [3.8, 4) is 11.8 Å². The number of carbonyl (C=O) groups excluding carboxylic acids is 1. The predicted molar refractivity (Wildman–Crippen MR) is 85.5 cm³/mol. The summed E-state index contributed by atoms with van der Waals surface area (Å²) in [6.07, 6.45) is 5.13. The first-order valence-corrected chi connectivity index (χ1v) is 8.45. The monoisotopic (exact) mass is 322 g/mol. The molecule has 4 N–H and O–H groups in total. The highest BCUT2D eigenvalue weighted by Gasteiger charge is 2.49. The topological polar surface area (TPSA) is 102 Å². The van der Waals surface area contributed by atoms with E-state index in [0.717, 1.165) is 32.1 Å². The van der Waals surface area contributed by atoms with Crippen molar-refractivity contribution in [1.82, 2.24) is 5.32 Å². The Morgan fingerprint density at radius 2 is 1.87 bits per heavy atom. The van der Waals surface area contributed by atoms with E-state index in [1.165, 1.54) is 0 Å². The fraction of sp³-hybridized carbons (Fsp3) is 0.765. The highest BCUT2D eigenvalue weighted by molar-refractivity contribution is 5.79. The lowest BCUT2D eigenvalue weighted by atomic mass is 10.1. The maximum absolute atomic E-state index is 11.8. The summed E-state index contributed by atoms with van der Waals surface area (Å²) in [7, 11) is 0. The van der Waals surface area contributed by atoms with Crippen LogP contribution in [0.2, 0.25) is 0 Å². The van der Waals surface area contributed by atoms with E-state index < -0.39 is 18.1 Å². The lowest BCUT2D eigenvalue weighted by Gasteiger charge is -2.14. The van der Waals surface area contributed by atoms with Crippen molar-refractivity contribution in [3.63, 3.8) is 0 Å². The predicted octanol–water partition coefficient (Wildman–Crippen LogP) is 1.73. The fourth-order valence-electron chi connectivity index (χ4n) is 3.39. The van der Waals surface area contributed by atoms with Gasteiger partial charge in [-0.1, -0.05) is 0 Å². The van der Waals surface area contributed by atoms with Gasteiger partial charge < -0.3 is 20.9 Å². The quantitative estimate of drug-likeness (QED) is 0.467. The maximum Gasteiger partial charge on any atom is 0.407 e. The van der Waals surface area contributed by atoms with Crippen molar-refractivity contribution >= 4 is 12.1 Å². The number of ether oxygens (including phenoxy) is 1. The van der Waals surface area contributed by atoms with Gasteiger partial charge in [-0.05, 0) is 56.4 Å². The number of unbranched alkanes of at least 4 members (excludes halogenated alkanes) is 1. The number of aliphatic carboxylic acids is 1. The molecule has 23 heavy (non-hydrogen) atoms. The molecule has 1 fully saturated rings. The van der Waals surface area contributed by atoms with Crippen LogP contribution in [0.1, 0.15) is 44.9 Å². The zero-order chi connectivity index (χ0) is 16.7. The Balaban J connectivity index is 1.69. The molecule has 0 heterocycles. The second kappa shape index (κ2) is 8.78. The molecule has 6 nitrogen and oxygen atoms in total. The van der Waals surface area contributed by atoms with Crippen LogP contribution in [0.15, 0.2) is 0 Å². The molecule has 128 valence electrons. The molecule has 0 aromatic heterocycles. The van der Waals surface area contributed by atoms with E-state index in [9.17, 15) is 9.59 Å². The third-order valence-corrected chi connectivity index (χ3v) is 4.78. The maximum atomic E-state index is 11.8. The van der Waals surface area contributed by atoms with Gasteiger partial charge in [-0.3, -0.25) is 0 Å². The number of hydrogen-bond acceptors (Lipinski definition) is 4. The number of nitrogens with two attached hydrogens (primary N) is 1. The Hall–Kier alpha value is -1.74. The normalized spacial score (nSPS) is 26.6. The van der Waals surface area contributed by atoms with E-state index in [0.29, 0.717) is 43.7 Å². The third kappa shape index (κ3) is 5.43. The minimum Gasteiger partial charge on any atom is -0.480 e. The Morgan fingerprint density at radius 1 is 1.22 bits per heavy atom. The minimum atomic E-state index is -1.04. The molecule has 1 saturated carbocycles. The number of carboxylic acid groups (broad SMARTS) is 1. The molecule has 0 spiro atoms. The number of nitrogens with one attached hydrogen (secondary N) is 1. The SMILES string of the molecule is NCCCCC(NC(=O)OCC1[C@H]2CCC#CCC[C@@H]12)C(=O)O. The van der Waals surface area contributed by atoms with Crippen LogP contribution in [0.5, 0.6) is 0 Å². The number of rotatable bonds is 8. The Labute approximate surface area is 137 Å². The van der Waals surface area contributed by atoms with Crippen LogP contribution >= 0.6 is 0 Å². The van der Waals surface area contributed by atoms with Crippen LogP contribution in [0.4, 0.5) is 4.79 Å². The van der Waals surface area contributed by atoms with E-state index in [4.69, 9.17) is 15.6 Å². The molecule has 0 radical (unpaired) electrons. The molecule has 0 bridgehead atoms. The molecule has 0 aliphatic heterocycles. The van der Waals surface area contributed by atoms with Gasteiger partial charge in [-0.25, -0.2) is 9.59 Å². The lowest BCUT2D eigenvalue weighted by Crippen LogP contribution is -2.41. The molecule has 0 saturated heterocycles. The Bertz CT molecular complexity index is 465. The average molecular weight is 322 g/mol. The number of carbonyl (C=O) groups is 2. The van der Waals surface area contributed by atoms with Crippen LogP contribution < -0.4 is 11.1 Å². The molecule has 2 aliphatic carbocycles. The van der Waals surface area contributed by atoms with Crippen LogP contribution in [0.3, 0.4) is 0 Å². The Morgan fingerprint density at radius 3 is 2.43 bits per heavy atom. The van der Waals surface area contributed by atoms with Gasteiger partial charge in [0.25, 0.3) is 0 Å². The lowest BCUT2D eigenvalue weighted by molar-refractivity contribution is -0.139. The molecular formula is C17H26N2O4. The van der Waals surface area contributed by atoms with E-state index >= 15 is 0 Å². The molecule has 2 rings (SSSR count). The molecule has 4 atom stereocenters. The summed E-state index contributed by atoms with van der Waals surface area (Å²) in [6.45, 7) is 0.890. The fourth-order valence-corrected chi connectivity index (χ4v) is 3.39. The summed E-state index contributed by atoms with van der Waals surface area (Å²) in [4.78, 5) is 23.0. The van der Waals surface area contributed by atoms with Gasteiger partial charge in [0.15, 0.2) is 0 Å². The largest absolute Gasteiger partial charge is 0.480 e. The highest BCUT2D eigenvalue weighted by atomic mass is 16.5. The number of fused-ring (bicyclic) bond motifs is 1. The number of amides is 1. The third-order valence-electron chi connectivity index (χ3n) is 4.78. The van der Waals surface area contributed by atoms with Gasteiger partial charge >= 0.3 is 12.1 Å². The van der Waals surface area contributed by atoms with Crippen molar-refractivity contribution in [1.29, 1.82) is 0 Å². The van der Waals surface area contributed by atoms with Crippen molar-refractivity contribution in [3.05, 3.63) is 0 Å². The van der Waals surface area contributed by atoms with Crippen molar-refractivity contribution in [2.24, 2.45) is 23.5 Å². The first kappa shape index (κ1) is 17.6. The summed E-state index contributed by atoms with van der Waals surface area (Å²) >= 11 is 0. The minimum absolute atomic E-state index is 0.369. The van der Waals surface area contributed by atoms with Gasteiger partial charge in [-0.2, -0.15) is 0 Å². The van der Waals surface area contributed by atoms with Gasteiger partial charge in [0, 0.05) is 12.8 Å². The summed E-state index contributed by atoms with van der Waals surface area (Å²) in [5.74, 6) is 6.88. The van der Waals surface area contributed by atoms with Gasteiger partial charge in [-0.15, -0.1) is 11.8 Å². The summed E-state index contributed by atoms with van der Waals surface area (Å²) in [6, 6.07) is -0.907. The van der Waals surface area contributed by atoms with Crippen LogP contribution in [-0.4, -0.2) is 36.4 Å². The van der Waals surface area contributed by atoms with Crippen molar-refractivity contribution in [2.45, 2.75) is 51.0 Å². The average Bonchev–Trinajstić information content (AvgIpc) is 3.13. The first-order valence-electron chi connectivity index (χ1n) is 8.45. The number of hydrogen-bond donors (Lipinski definition) is 3. The second-order valence-corrected chi connectivity index (χ2v) is 6.34. The van der Waals surface area contributed by atoms with E-state index in [2.05, 4.69) is 17.2 Å². The molecule has 0 aromatic rings. The molecule has 0 aromatic carbocycles. The zero-order valence-electron chi connectivity index (χ0n) is 13.4. The molecular weight excluding hydrogens is 296 g/mol. The van der Waals surface area contributed by atoms with E-state index in [-0.39, 0.29) is 0 Å². The highest BCUT2D eigenvalue weighted by Crippen LogP contribution is 2.52. The van der Waals surface area contributed by atoms with Crippen molar-refractivity contribution < 1.29 is 19.4 Å². The zero-order valence-corrected chi connectivity index (χ0v) is 13.4. The van der Waals surface area contributed by atoms with E-state index in [1.54, 1.807) is 0 Å². The van der Waals surface area contributed by atoms with Gasteiger partial charge in [0.05, 0.1) is 6.61 Å². The number of carboxylic acids is 1. The van der Waals surface area contributed by atoms with Crippen molar-refractivity contribution in [2.75, 3.05) is 13.2 Å². The number of alkyl carbamates (subject to hydrolysis) is 1. The van der Waals surface area contributed by atoms with Gasteiger partial charge in [0.2, 0.25) is 0 Å². The molecule has 2 unspecified atom stereocenters. The standard InChI is InChI=1S/C17H26N2O4/c18-10-6-5-9-15(16(20)21)19-17(22)23-11-14-12-7-3-1-2-4-8-13(12)14/h12-15H,3-11,18H2,(H,19,22)(H,20,21)/t12-,13+,14?,15?. The smallest absolute Gasteiger partial charge is 0.407 e. The molecule has 2 aliphatic rings. The summed E-state index contributed by atoms with van der Waals surface area (Å²) in [5.41, 5.74) is 5.39. The Kier molecular flexibility index (Phi) is 6.72. The van der Waals surface area contributed by atoms with Crippen LogP contribution in [0.25, 0.3) is 0 Å². The molecule has 1 amide bonds. The van der Waals surface area contributed by atoms with Crippen LogP contribution in [0, 0.1) is 29.6 Å². The molecule has 6 heteroatoms. The summed E-state index contributed by atoms with van der Waals surface area (Å²) in [5, 5.41) is 11.6. The first-order chi connectivity index (χ1) is 11.1. The summed E-state index contributed by atoms with van der Waals surface area (Å²) < 4.78 is 5.25.